The summed E-state index contributed by atoms with van der Waals surface area (Å²) in [5.74, 6) is 0.842. The molecule has 1 aliphatic rings. The average molecular weight is 325 g/mol. The number of hydrogen-bond acceptors (Lipinski definition) is 3. The first-order valence-electron chi connectivity index (χ1n) is 8.18. The number of nitrogens with zero attached hydrogens (tertiary/aromatic N) is 1. The first kappa shape index (κ1) is 16.2. The second kappa shape index (κ2) is 7.25. The van der Waals surface area contributed by atoms with E-state index in [1.54, 1.807) is 7.11 Å². The number of ether oxygens (including phenoxy) is 1. The standard InChI is InChI=1S/C19H23N3O2/c1-24-18-6-2-14(3-7-18)8-10-21-19(23)22-11-9-15-4-5-17(20)12-16(15)13-22/h2-7,12H,8-11,13,20H2,1H3,(H,21,23). The molecule has 1 heterocycles. The predicted octanol–water partition coefficient (Wildman–Crippen LogP) is 2.59. The van der Waals surface area contributed by atoms with E-state index in [9.17, 15) is 4.79 Å². The molecule has 0 radical (unpaired) electrons. The number of urea groups is 1. The van der Waals surface area contributed by atoms with E-state index in [0.29, 0.717) is 13.1 Å². The number of amides is 2. The van der Waals surface area contributed by atoms with Gasteiger partial charge in [0.05, 0.1) is 7.11 Å². The molecule has 0 aromatic heterocycles. The van der Waals surface area contributed by atoms with Crippen LogP contribution < -0.4 is 15.8 Å². The summed E-state index contributed by atoms with van der Waals surface area (Å²) < 4.78 is 5.14. The number of nitrogens with two attached hydrogens (primary N) is 1. The van der Waals surface area contributed by atoms with Gasteiger partial charge >= 0.3 is 6.03 Å². The maximum absolute atomic E-state index is 12.3. The van der Waals surface area contributed by atoms with Gasteiger partial charge in [-0.3, -0.25) is 0 Å². The van der Waals surface area contributed by atoms with Crippen molar-refractivity contribution in [3.63, 3.8) is 0 Å². The Morgan fingerprint density at radius 1 is 1.21 bits per heavy atom. The minimum Gasteiger partial charge on any atom is -0.497 e. The second-order valence-corrected chi connectivity index (χ2v) is 6.03. The molecule has 0 atom stereocenters. The monoisotopic (exact) mass is 325 g/mol. The maximum Gasteiger partial charge on any atom is 0.317 e. The molecular formula is C19H23N3O2. The van der Waals surface area contributed by atoms with Gasteiger partial charge in [0.1, 0.15) is 5.75 Å². The summed E-state index contributed by atoms with van der Waals surface area (Å²) in [6.45, 7) is 1.98. The summed E-state index contributed by atoms with van der Waals surface area (Å²) in [5, 5.41) is 3.00. The predicted molar refractivity (Wildman–Crippen MR) is 95.1 cm³/mol. The third kappa shape index (κ3) is 3.79. The van der Waals surface area contributed by atoms with E-state index < -0.39 is 0 Å². The molecule has 0 bridgehead atoms. The first-order valence-corrected chi connectivity index (χ1v) is 8.18. The Bertz CT molecular complexity index is 713. The summed E-state index contributed by atoms with van der Waals surface area (Å²) >= 11 is 0. The van der Waals surface area contributed by atoms with Gasteiger partial charge in [0, 0.05) is 25.3 Å². The second-order valence-electron chi connectivity index (χ2n) is 6.03. The SMILES string of the molecule is COc1ccc(CCNC(=O)N2CCc3ccc(N)cc3C2)cc1. The van der Waals surface area contributed by atoms with Gasteiger partial charge in [0.15, 0.2) is 0 Å². The van der Waals surface area contributed by atoms with Crippen LogP contribution in [-0.2, 0) is 19.4 Å². The number of hydrogen-bond donors (Lipinski definition) is 2. The fourth-order valence-electron chi connectivity index (χ4n) is 2.97. The van der Waals surface area contributed by atoms with Crippen molar-refractivity contribution in [2.45, 2.75) is 19.4 Å². The molecule has 3 rings (SSSR count). The number of rotatable bonds is 4. The molecule has 0 spiro atoms. The van der Waals surface area contributed by atoms with Gasteiger partial charge in [0.25, 0.3) is 0 Å². The molecule has 5 nitrogen and oxygen atoms in total. The molecule has 0 aliphatic carbocycles. The van der Waals surface area contributed by atoms with Crippen molar-refractivity contribution in [2.24, 2.45) is 0 Å². The number of methoxy groups -OCH3 is 1. The molecule has 5 heteroatoms. The first-order chi connectivity index (χ1) is 11.7. The van der Waals surface area contributed by atoms with E-state index in [1.807, 2.05) is 41.3 Å². The Morgan fingerprint density at radius 2 is 2.00 bits per heavy atom. The normalized spacial score (nSPS) is 13.3. The molecule has 0 fully saturated rings. The van der Waals surface area contributed by atoms with Crippen molar-refractivity contribution in [3.05, 3.63) is 59.2 Å². The Hall–Kier alpha value is -2.69. The van der Waals surface area contributed by atoms with Crippen LogP contribution in [0.1, 0.15) is 16.7 Å². The van der Waals surface area contributed by atoms with E-state index in [-0.39, 0.29) is 6.03 Å². The van der Waals surface area contributed by atoms with Gasteiger partial charge in [-0.2, -0.15) is 0 Å². The lowest BCUT2D eigenvalue weighted by Crippen LogP contribution is -2.43. The third-order valence-corrected chi connectivity index (χ3v) is 4.38. The molecule has 0 saturated heterocycles. The summed E-state index contributed by atoms with van der Waals surface area (Å²) in [5.41, 5.74) is 10.2. The van der Waals surface area contributed by atoms with Gasteiger partial charge in [-0.25, -0.2) is 4.79 Å². The fraction of sp³-hybridized carbons (Fsp3) is 0.316. The number of carbonyl (C=O) groups excluding carboxylic acids is 1. The summed E-state index contributed by atoms with van der Waals surface area (Å²) in [6, 6.07) is 13.8. The van der Waals surface area contributed by atoms with E-state index in [1.165, 1.54) is 11.1 Å². The highest BCUT2D eigenvalue weighted by Gasteiger charge is 2.20. The van der Waals surface area contributed by atoms with Crippen molar-refractivity contribution < 1.29 is 9.53 Å². The molecule has 0 unspecified atom stereocenters. The molecule has 0 saturated carbocycles. The molecule has 126 valence electrons. The number of anilines is 1. The molecule has 3 N–H and O–H groups in total. The minimum absolute atomic E-state index is 0.0170. The van der Waals surface area contributed by atoms with E-state index in [4.69, 9.17) is 10.5 Å². The van der Waals surface area contributed by atoms with Crippen molar-refractivity contribution in [2.75, 3.05) is 25.9 Å². The van der Waals surface area contributed by atoms with Gasteiger partial charge in [-0.15, -0.1) is 0 Å². The lowest BCUT2D eigenvalue weighted by molar-refractivity contribution is 0.192. The molecule has 1 aliphatic heterocycles. The molecule has 2 amide bonds. The molecule has 2 aromatic carbocycles. The Labute approximate surface area is 142 Å². The van der Waals surface area contributed by atoms with Crippen LogP contribution in [-0.4, -0.2) is 31.1 Å². The number of nitrogen functional groups attached to an aromatic ring is 1. The zero-order valence-corrected chi connectivity index (χ0v) is 13.9. The van der Waals surface area contributed by atoms with Gasteiger partial charge < -0.3 is 20.7 Å². The third-order valence-electron chi connectivity index (χ3n) is 4.38. The topological polar surface area (TPSA) is 67.6 Å². The van der Waals surface area contributed by atoms with Crippen molar-refractivity contribution in [3.8, 4) is 5.75 Å². The van der Waals surface area contributed by atoms with Gasteiger partial charge in [-0.05, 0) is 53.8 Å². The quantitative estimate of drug-likeness (QED) is 0.849. The lowest BCUT2D eigenvalue weighted by Gasteiger charge is -2.29. The van der Waals surface area contributed by atoms with E-state index in [0.717, 1.165) is 36.4 Å². The molecular weight excluding hydrogens is 302 g/mol. The Kier molecular flexibility index (Phi) is 4.89. The highest BCUT2D eigenvalue weighted by atomic mass is 16.5. The Morgan fingerprint density at radius 3 is 2.75 bits per heavy atom. The summed E-state index contributed by atoms with van der Waals surface area (Å²) in [4.78, 5) is 14.2. The van der Waals surface area contributed by atoms with Crippen LogP contribution in [0.3, 0.4) is 0 Å². The largest absolute Gasteiger partial charge is 0.497 e. The zero-order chi connectivity index (χ0) is 16.9. The van der Waals surface area contributed by atoms with Crippen LogP contribution in [0.25, 0.3) is 0 Å². The molecule has 24 heavy (non-hydrogen) atoms. The highest BCUT2D eigenvalue weighted by Crippen LogP contribution is 2.21. The summed E-state index contributed by atoms with van der Waals surface area (Å²) in [7, 11) is 1.65. The maximum atomic E-state index is 12.3. The molecule has 2 aromatic rings. The average Bonchev–Trinajstić information content (AvgIpc) is 2.61. The van der Waals surface area contributed by atoms with E-state index >= 15 is 0 Å². The lowest BCUT2D eigenvalue weighted by atomic mass is 9.99. The van der Waals surface area contributed by atoms with Gasteiger partial charge in [-0.1, -0.05) is 18.2 Å². The van der Waals surface area contributed by atoms with Gasteiger partial charge in [0.2, 0.25) is 0 Å². The number of benzene rings is 2. The van der Waals surface area contributed by atoms with Crippen molar-refractivity contribution in [1.82, 2.24) is 10.2 Å². The van der Waals surface area contributed by atoms with Crippen LogP contribution in [0.2, 0.25) is 0 Å². The van der Waals surface area contributed by atoms with Crippen LogP contribution in [0.5, 0.6) is 5.75 Å². The van der Waals surface area contributed by atoms with E-state index in [2.05, 4.69) is 11.4 Å². The minimum atomic E-state index is -0.0170. The Balaban J connectivity index is 1.50. The van der Waals surface area contributed by atoms with Crippen LogP contribution in [0.4, 0.5) is 10.5 Å². The zero-order valence-electron chi connectivity index (χ0n) is 13.9. The number of fused-ring (bicyclic) bond motifs is 1. The highest BCUT2D eigenvalue weighted by molar-refractivity contribution is 5.74. The van der Waals surface area contributed by atoms with Crippen molar-refractivity contribution >= 4 is 11.7 Å². The van der Waals surface area contributed by atoms with Crippen LogP contribution in [0, 0.1) is 0 Å². The van der Waals surface area contributed by atoms with Crippen LogP contribution in [0.15, 0.2) is 42.5 Å². The van der Waals surface area contributed by atoms with Crippen LogP contribution >= 0.6 is 0 Å². The summed E-state index contributed by atoms with van der Waals surface area (Å²) in [6.07, 6.45) is 1.68. The van der Waals surface area contributed by atoms with Crippen molar-refractivity contribution in [1.29, 1.82) is 0 Å². The number of nitrogens with one attached hydrogen (secondary N) is 1. The number of carbonyl (C=O) groups is 1. The fourth-order valence-corrected chi connectivity index (χ4v) is 2.97. The smallest absolute Gasteiger partial charge is 0.317 e.